The molecule has 1 amide bonds. The molecule has 5 N–H and O–H groups in total. The third-order valence-electron chi connectivity index (χ3n) is 10.4. The Morgan fingerprint density at radius 2 is 1.52 bits per heavy atom. The first-order chi connectivity index (χ1) is 27.3. The number of aromatic nitrogens is 7. The maximum Gasteiger partial charge on any atom is 0.220 e. The lowest BCUT2D eigenvalue weighted by Gasteiger charge is -2.07. The number of nitrogens with one attached hydrogen (secondary N) is 3. The number of aryl methyl sites for hydroxylation is 2. The Balaban J connectivity index is 1.41. The summed E-state index contributed by atoms with van der Waals surface area (Å²) in [4.78, 5) is 43.5. The monoisotopic (exact) mass is 758 g/mol. The quantitative estimate of drug-likeness (QED) is 0.0678. The smallest absolute Gasteiger partial charge is 0.220 e. The number of rotatable bonds is 17. The molecule has 0 atom stereocenters. The zero-order chi connectivity index (χ0) is 39.4. The summed E-state index contributed by atoms with van der Waals surface area (Å²) in [6.07, 6.45) is 14.0. The number of aliphatic hydroxyl groups is 2. The molecule has 294 valence electrons. The van der Waals surface area contributed by atoms with Crippen molar-refractivity contribution in [2.45, 2.75) is 91.9 Å². The lowest BCUT2D eigenvalue weighted by Crippen LogP contribution is -2.26. The summed E-state index contributed by atoms with van der Waals surface area (Å²) >= 11 is 0. The summed E-state index contributed by atoms with van der Waals surface area (Å²) in [5.74, 6) is 1.44. The van der Waals surface area contributed by atoms with Crippen molar-refractivity contribution in [1.82, 2.24) is 40.2 Å². The number of carbonyl (C=O) groups excluding carboxylic acids is 1. The van der Waals surface area contributed by atoms with Crippen LogP contribution in [0.1, 0.15) is 112 Å². The molecule has 12 nitrogen and oxygen atoms in total. The van der Waals surface area contributed by atoms with Crippen molar-refractivity contribution in [3.05, 3.63) is 94.8 Å². The van der Waals surface area contributed by atoms with Gasteiger partial charge in [0.15, 0.2) is 0 Å². The average molecular weight is 759 g/mol. The second-order valence-electron chi connectivity index (χ2n) is 14.1. The highest BCUT2D eigenvalue weighted by Crippen LogP contribution is 2.38. The molecular formula is C44H54N8O4. The first-order valence-electron chi connectivity index (χ1n) is 19.9. The fourth-order valence-electron chi connectivity index (χ4n) is 7.32. The standard InChI is InChI=1S/C44H54N8O4/c1-5-31-32(6-2)37-25-39-34(12-9-21-54)29(4)42(52-39)27-49-40-23-30(56-22-10-13-44(55)47-17-16-43-45-18-19-46-43)14-15-35(40)48-26-41-28(3)33(11-7-8-20-53)38(51-41)24-36(31)50-37/h14-15,18-19,23-27,51,53-54H,5-13,16-17,20-22H2,1-4H3,(H,45,46)(H,47,55). The molecule has 0 unspecified atom stereocenters. The zero-order valence-corrected chi connectivity index (χ0v) is 33.0. The molecule has 0 radical (unpaired) electrons. The van der Waals surface area contributed by atoms with Gasteiger partial charge in [-0.2, -0.15) is 0 Å². The van der Waals surface area contributed by atoms with Gasteiger partial charge in [-0.1, -0.05) is 13.8 Å². The number of nitrogens with zero attached hydrogens (tertiary/aromatic N) is 5. The Morgan fingerprint density at radius 1 is 0.768 bits per heavy atom. The van der Waals surface area contributed by atoms with E-state index in [1.807, 2.05) is 24.4 Å². The van der Waals surface area contributed by atoms with Gasteiger partial charge in [-0.15, -0.1) is 0 Å². The molecule has 4 aromatic rings. The van der Waals surface area contributed by atoms with Crippen LogP contribution in [0.4, 0.5) is 0 Å². The molecule has 5 heterocycles. The van der Waals surface area contributed by atoms with E-state index >= 15 is 0 Å². The SMILES string of the molecule is CCC1=C(CC)c2cc3[nH]c(cnc4ccc(OCCCC(=O)NCCc5ncc[nH]5)cc4ncc4nc(cc1n2)C(CCCO)=C4C)c(C)c3CCCCO. The lowest BCUT2D eigenvalue weighted by atomic mass is 9.98. The Labute approximate surface area is 328 Å². The van der Waals surface area contributed by atoms with E-state index in [0.29, 0.717) is 62.0 Å². The number of aliphatic hydroxyl groups excluding tert-OH is 2. The Hall–Kier alpha value is -5.46. The number of aromatic amines is 2. The minimum absolute atomic E-state index is 0.0267. The maximum absolute atomic E-state index is 12.4. The Morgan fingerprint density at radius 3 is 2.27 bits per heavy atom. The number of fused-ring (bicyclic) bond motifs is 7. The third kappa shape index (κ3) is 9.66. The fraction of sp³-hybridized carbons (Fsp3) is 0.409. The molecule has 6 rings (SSSR count). The molecule has 0 spiro atoms. The van der Waals surface area contributed by atoms with Gasteiger partial charge >= 0.3 is 0 Å². The van der Waals surface area contributed by atoms with Gasteiger partial charge in [0.05, 0.1) is 58.3 Å². The van der Waals surface area contributed by atoms with Crippen molar-refractivity contribution in [3.8, 4) is 5.75 Å². The number of ether oxygens (including phenoxy) is 1. The van der Waals surface area contributed by atoms with Crippen LogP contribution in [0.2, 0.25) is 0 Å². The molecule has 56 heavy (non-hydrogen) atoms. The van der Waals surface area contributed by atoms with E-state index in [1.165, 1.54) is 16.7 Å². The van der Waals surface area contributed by atoms with Gasteiger partial charge in [0.2, 0.25) is 5.91 Å². The molecule has 2 aliphatic rings. The normalized spacial score (nSPS) is 12.7. The van der Waals surface area contributed by atoms with Crippen LogP contribution in [-0.4, -0.2) is 77.4 Å². The third-order valence-corrected chi connectivity index (χ3v) is 10.4. The number of carbonyl (C=O) groups is 1. The molecule has 0 saturated carbocycles. The topological polar surface area (TPSA) is 175 Å². The van der Waals surface area contributed by atoms with Gasteiger partial charge in [0.1, 0.15) is 11.6 Å². The second kappa shape index (κ2) is 19.4. The number of amides is 1. The van der Waals surface area contributed by atoms with Gasteiger partial charge in [0.25, 0.3) is 0 Å². The predicted molar refractivity (Wildman–Crippen MR) is 222 cm³/mol. The van der Waals surface area contributed by atoms with Crippen LogP contribution in [0.15, 0.2) is 55.1 Å². The summed E-state index contributed by atoms with van der Waals surface area (Å²) < 4.78 is 6.11. The molecule has 0 saturated heterocycles. The minimum Gasteiger partial charge on any atom is -0.494 e. The van der Waals surface area contributed by atoms with Gasteiger partial charge in [-0.05, 0) is 123 Å². The fourth-order valence-corrected chi connectivity index (χ4v) is 7.32. The van der Waals surface area contributed by atoms with Crippen molar-refractivity contribution < 1.29 is 19.7 Å². The van der Waals surface area contributed by atoms with Crippen LogP contribution in [0.25, 0.3) is 44.4 Å². The van der Waals surface area contributed by atoms with E-state index in [0.717, 1.165) is 88.4 Å². The molecule has 0 fully saturated rings. The summed E-state index contributed by atoms with van der Waals surface area (Å²) in [6, 6.07) is 9.91. The van der Waals surface area contributed by atoms with Crippen LogP contribution in [0.3, 0.4) is 0 Å². The number of unbranched alkanes of at least 4 members (excludes halogenated alkanes) is 1. The molecule has 12 heteroatoms. The van der Waals surface area contributed by atoms with Gasteiger partial charge < -0.3 is 30.2 Å². The summed E-state index contributed by atoms with van der Waals surface area (Å²) in [5, 5.41) is 22.3. The van der Waals surface area contributed by atoms with Crippen LogP contribution in [-0.2, 0) is 17.6 Å². The van der Waals surface area contributed by atoms with E-state index in [9.17, 15) is 15.0 Å². The van der Waals surface area contributed by atoms with Gasteiger partial charge in [-0.3, -0.25) is 14.8 Å². The Kier molecular flexibility index (Phi) is 13.9. The Bertz CT molecular complexity index is 2270. The van der Waals surface area contributed by atoms with Crippen LogP contribution >= 0.6 is 0 Å². The van der Waals surface area contributed by atoms with Gasteiger partial charge in [-0.25, -0.2) is 15.0 Å². The molecule has 1 aromatic carbocycles. The number of benzene rings is 1. The molecular weight excluding hydrogens is 705 g/mol. The van der Waals surface area contributed by atoms with Crippen molar-refractivity contribution in [2.24, 2.45) is 0 Å². The van der Waals surface area contributed by atoms with Crippen LogP contribution in [0, 0.1) is 6.92 Å². The van der Waals surface area contributed by atoms with E-state index in [-0.39, 0.29) is 19.1 Å². The number of hydrogen-bond donors (Lipinski definition) is 5. The van der Waals surface area contributed by atoms with Crippen molar-refractivity contribution in [1.29, 1.82) is 0 Å². The first-order valence-corrected chi connectivity index (χ1v) is 19.9. The number of imidazole rings is 1. The molecule has 2 aliphatic heterocycles. The van der Waals surface area contributed by atoms with E-state index in [1.54, 1.807) is 18.6 Å². The van der Waals surface area contributed by atoms with Crippen molar-refractivity contribution in [2.75, 3.05) is 26.4 Å². The van der Waals surface area contributed by atoms with E-state index < -0.39 is 0 Å². The zero-order valence-electron chi connectivity index (χ0n) is 33.0. The molecule has 3 aromatic heterocycles. The molecule has 6 bridgehead atoms. The predicted octanol–water partition coefficient (Wildman–Crippen LogP) is 7.64. The van der Waals surface area contributed by atoms with Gasteiger partial charge in [0, 0.05) is 56.6 Å². The highest BCUT2D eigenvalue weighted by Gasteiger charge is 2.22. The van der Waals surface area contributed by atoms with Crippen LogP contribution in [0.5, 0.6) is 5.75 Å². The summed E-state index contributed by atoms with van der Waals surface area (Å²) in [5.41, 5.74) is 13.4. The highest BCUT2D eigenvalue weighted by atomic mass is 16.5. The highest BCUT2D eigenvalue weighted by molar-refractivity contribution is 5.95. The maximum atomic E-state index is 12.4. The number of H-pyrrole nitrogens is 2. The molecule has 0 aliphatic carbocycles. The number of hydrogen-bond acceptors (Lipinski definition) is 9. The number of allylic oxidation sites excluding steroid dienone is 4. The second-order valence-corrected chi connectivity index (χ2v) is 14.1. The van der Waals surface area contributed by atoms with Crippen molar-refractivity contribution >= 4 is 50.3 Å². The summed E-state index contributed by atoms with van der Waals surface area (Å²) in [6.45, 7) is 9.65. The minimum atomic E-state index is -0.0267. The van der Waals surface area contributed by atoms with Crippen LogP contribution < -0.4 is 10.1 Å². The lowest BCUT2D eigenvalue weighted by molar-refractivity contribution is -0.121. The summed E-state index contributed by atoms with van der Waals surface area (Å²) in [7, 11) is 0. The van der Waals surface area contributed by atoms with E-state index in [4.69, 9.17) is 24.7 Å². The average Bonchev–Trinajstić information content (AvgIpc) is 3.97. The van der Waals surface area contributed by atoms with Crippen molar-refractivity contribution in [3.63, 3.8) is 0 Å². The first kappa shape index (κ1) is 40.2. The largest absolute Gasteiger partial charge is 0.494 e. The van der Waals surface area contributed by atoms with E-state index in [2.05, 4.69) is 60.1 Å².